The molecule has 0 saturated carbocycles. The van der Waals surface area contributed by atoms with E-state index in [-0.39, 0.29) is 16.6 Å². The summed E-state index contributed by atoms with van der Waals surface area (Å²) >= 11 is 0. The second-order valence-corrected chi connectivity index (χ2v) is 3.16. The number of H-pyrrole nitrogens is 1. The Kier molecular flexibility index (Phi) is 2.32. The standard InChI is InChI=1S/C9H6N4O4/c10-2-3-1-4-7(12-13-11-4)6(9(16)17)5(3)8(14)15/h1-2,10H,(H,14,15)(H,16,17)(H,11,12,13). The maximum absolute atomic E-state index is 11.1. The predicted molar refractivity (Wildman–Crippen MR) is 55.7 cm³/mol. The molecule has 0 atom stereocenters. The van der Waals surface area contributed by atoms with Crippen LogP contribution < -0.4 is 0 Å². The SMILES string of the molecule is N=Cc1cc2n[nH]nc2c(C(=O)O)c1C(=O)O. The van der Waals surface area contributed by atoms with Gasteiger partial charge < -0.3 is 15.6 Å². The van der Waals surface area contributed by atoms with Gasteiger partial charge in [-0.15, -0.1) is 0 Å². The molecule has 86 valence electrons. The molecule has 0 aliphatic heterocycles. The third-order valence-electron chi connectivity index (χ3n) is 2.23. The number of nitrogens with one attached hydrogen (secondary N) is 2. The molecular formula is C9H6N4O4. The van der Waals surface area contributed by atoms with Crippen LogP contribution in [0.5, 0.6) is 0 Å². The number of carbonyl (C=O) groups is 2. The van der Waals surface area contributed by atoms with Crippen LogP contribution in [0.25, 0.3) is 11.0 Å². The van der Waals surface area contributed by atoms with Crippen LogP contribution in [0.4, 0.5) is 0 Å². The lowest BCUT2D eigenvalue weighted by atomic mass is 9.99. The number of aromatic carboxylic acids is 2. The molecule has 0 fully saturated rings. The largest absolute Gasteiger partial charge is 0.478 e. The summed E-state index contributed by atoms with van der Waals surface area (Å²) in [5.74, 6) is -2.85. The van der Waals surface area contributed by atoms with Gasteiger partial charge in [0.15, 0.2) is 0 Å². The molecule has 0 aliphatic carbocycles. The summed E-state index contributed by atoms with van der Waals surface area (Å²) in [6, 6.07) is 1.29. The van der Waals surface area contributed by atoms with Gasteiger partial charge in [0.05, 0.1) is 5.56 Å². The fourth-order valence-corrected chi connectivity index (χ4v) is 1.56. The van der Waals surface area contributed by atoms with E-state index < -0.39 is 23.1 Å². The normalized spacial score (nSPS) is 10.4. The summed E-state index contributed by atoms with van der Waals surface area (Å²) < 4.78 is 0. The average Bonchev–Trinajstić information content (AvgIpc) is 2.73. The van der Waals surface area contributed by atoms with Crippen molar-refractivity contribution in [1.29, 1.82) is 5.41 Å². The Hall–Kier alpha value is -2.77. The van der Waals surface area contributed by atoms with Gasteiger partial charge in [0, 0.05) is 11.8 Å². The second kappa shape index (κ2) is 3.67. The van der Waals surface area contributed by atoms with Gasteiger partial charge in [-0.3, -0.25) is 0 Å². The Morgan fingerprint density at radius 1 is 1.24 bits per heavy atom. The van der Waals surface area contributed by atoms with Crippen molar-refractivity contribution in [2.75, 3.05) is 0 Å². The predicted octanol–water partition coefficient (Wildman–Crippen LogP) is 0.352. The first-order valence-corrected chi connectivity index (χ1v) is 4.40. The lowest BCUT2D eigenvalue weighted by Crippen LogP contribution is -2.12. The van der Waals surface area contributed by atoms with Crippen molar-refractivity contribution in [3.05, 3.63) is 22.8 Å². The van der Waals surface area contributed by atoms with E-state index >= 15 is 0 Å². The Balaban J connectivity index is 2.99. The van der Waals surface area contributed by atoms with Gasteiger partial charge in [-0.25, -0.2) is 9.59 Å². The molecule has 0 radical (unpaired) electrons. The second-order valence-electron chi connectivity index (χ2n) is 3.16. The first kappa shape index (κ1) is 10.7. The van der Waals surface area contributed by atoms with Gasteiger partial charge in [-0.05, 0) is 6.07 Å². The maximum Gasteiger partial charge on any atom is 0.338 e. The van der Waals surface area contributed by atoms with Crippen molar-refractivity contribution in [3.8, 4) is 0 Å². The molecule has 1 aromatic heterocycles. The van der Waals surface area contributed by atoms with Crippen LogP contribution in [-0.2, 0) is 0 Å². The highest BCUT2D eigenvalue weighted by Gasteiger charge is 2.24. The third-order valence-corrected chi connectivity index (χ3v) is 2.23. The minimum atomic E-state index is -1.43. The smallest absolute Gasteiger partial charge is 0.338 e. The van der Waals surface area contributed by atoms with Crippen LogP contribution >= 0.6 is 0 Å². The van der Waals surface area contributed by atoms with Gasteiger partial charge in [0.2, 0.25) is 0 Å². The van der Waals surface area contributed by atoms with Crippen LogP contribution in [0.15, 0.2) is 6.07 Å². The quantitative estimate of drug-likeness (QED) is 0.565. The number of carboxylic acids is 2. The zero-order valence-electron chi connectivity index (χ0n) is 8.26. The molecule has 0 bridgehead atoms. The van der Waals surface area contributed by atoms with Crippen molar-refractivity contribution in [2.45, 2.75) is 0 Å². The van der Waals surface area contributed by atoms with Crippen LogP contribution in [0.1, 0.15) is 26.3 Å². The monoisotopic (exact) mass is 234 g/mol. The Morgan fingerprint density at radius 2 is 1.88 bits per heavy atom. The summed E-state index contributed by atoms with van der Waals surface area (Å²) in [7, 11) is 0. The van der Waals surface area contributed by atoms with Gasteiger partial charge in [0.1, 0.15) is 16.6 Å². The van der Waals surface area contributed by atoms with Gasteiger partial charge in [0.25, 0.3) is 0 Å². The molecule has 8 nitrogen and oxygen atoms in total. The number of rotatable bonds is 3. The number of hydrogen-bond donors (Lipinski definition) is 4. The van der Waals surface area contributed by atoms with Crippen molar-refractivity contribution in [1.82, 2.24) is 15.4 Å². The molecule has 4 N–H and O–H groups in total. The summed E-state index contributed by atoms with van der Waals surface area (Å²) in [5, 5.41) is 34.6. The van der Waals surface area contributed by atoms with Crippen LogP contribution in [0, 0.1) is 5.41 Å². The lowest BCUT2D eigenvalue weighted by Gasteiger charge is -2.05. The molecule has 1 aromatic carbocycles. The minimum Gasteiger partial charge on any atom is -0.478 e. The molecular weight excluding hydrogens is 228 g/mol. The van der Waals surface area contributed by atoms with Crippen LogP contribution in [-0.4, -0.2) is 43.8 Å². The Labute approximate surface area is 93.4 Å². The number of aromatic amines is 1. The number of hydrogen-bond acceptors (Lipinski definition) is 5. The summed E-state index contributed by atoms with van der Waals surface area (Å²) in [6.07, 6.45) is 0.768. The van der Waals surface area contributed by atoms with E-state index in [1.165, 1.54) is 6.07 Å². The van der Waals surface area contributed by atoms with E-state index in [0.29, 0.717) is 0 Å². The summed E-state index contributed by atoms with van der Waals surface area (Å²) in [4.78, 5) is 22.1. The third kappa shape index (κ3) is 1.51. The molecule has 2 rings (SSSR count). The number of aromatic nitrogens is 3. The van der Waals surface area contributed by atoms with Gasteiger partial charge >= 0.3 is 11.9 Å². The van der Waals surface area contributed by atoms with Crippen molar-refractivity contribution < 1.29 is 19.8 Å². The Bertz CT molecular complexity index is 646. The molecule has 0 aliphatic rings. The van der Waals surface area contributed by atoms with E-state index in [2.05, 4.69) is 15.4 Å². The lowest BCUT2D eigenvalue weighted by molar-refractivity contribution is 0.0653. The number of fused-ring (bicyclic) bond motifs is 1. The van der Waals surface area contributed by atoms with Crippen LogP contribution in [0.2, 0.25) is 0 Å². The van der Waals surface area contributed by atoms with E-state index in [1.54, 1.807) is 0 Å². The number of benzene rings is 1. The zero-order chi connectivity index (χ0) is 12.6. The zero-order valence-corrected chi connectivity index (χ0v) is 8.26. The molecule has 0 saturated heterocycles. The van der Waals surface area contributed by atoms with Gasteiger partial charge in [-0.1, -0.05) is 0 Å². The fourth-order valence-electron chi connectivity index (χ4n) is 1.56. The molecule has 0 unspecified atom stereocenters. The van der Waals surface area contributed by atoms with E-state index in [4.69, 9.17) is 15.6 Å². The minimum absolute atomic E-state index is 0.0312. The molecule has 17 heavy (non-hydrogen) atoms. The van der Waals surface area contributed by atoms with Crippen molar-refractivity contribution in [2.24, 2.45) is 0 Å². The van der Waals surface area contributed by atoms with E-state index in [9.17, 15) is 9.59 Å². The highest BCUT2D eigenvalue weighted by atomic mass is 16.4. The summed E-state index contributed by atoms with van der Waals surface area (Å²) in [5.41, 5.74) is -0.807. The first-order chi connectivity index (χ1) is 8.06. The van der Waals surface area contributed by atoms with Crippen LogP contribution in [0.3, 0.4) is 0 Å². The molecule has 0 spiro atoms. The Morgan fingerprint density at radius 3 is 2.41 bits per heavy atom. The summed E-state index contributed by atoms with van der Waals surface area (Å²) in [6.45, 7) is 0. The van der Waals surface area contributed by atoms with Gasteiger partial charge in [-0.2, -0.15) is 15.4 Å². The molecule has 2 aromatic rings. The number of carboxylic acid groups (broad SMARTS) is 2. The highest BCUT2D eigenvalue weighted by Crippen LogP contribution is 2.22. The maximum atomic E-state index is 11.1. The fraction of sp³-hybridized carbons (Fsp3) is 0. The molecule has 0 amide bonds. The highest BCUT2D eigenvalue weighted by molar-refractivity contribution is 6.14. The topological polar surface area (TPSA) is 140 Å². The van der Waals surface area contributed by atoms with E-state index in [0.717, 1.165) is 6.21 Å². The van der Waals surface area contributed by atoms with Crippen molar-refractivity contribution in [3.63, 3.8) is 0 Å². The molecule has 1 heterocycles. The van der Waals surface area contributed by atoms with E-state index in [1.807, 2.05) is 0 Å². The average molecular weight is 234 g/mol. The molecule has 8 heteroatoms. The number of nitrogens with zero attached hydrogens (tertiary/aromatic N) is 2. The first-order valence-electron chi connectivity index (χ1n) is 4.40. The van der Waals surface area contributed by atoms with Crippen molar-refractivity contribution >= 4 is 29.2 Å².